The van der Waals surface area contributed by atoms with Gasteiger partial charge in [-0.15, -0.1) is 11.8 Å². The number of hydrogen-bond acceptors (Lipinski definition) is 3. The van der Waals surface area contributed by atoms with Crippen molar-refractivity contribution in [1.82, 2.24) is 10.2 Å². The molecular formula is C26H36N2S. The van der Waals surface area contributed by atoms with Crippen LogP contribution in [0.15, 0.2) is 54.5 Å². The van der Waals surface area contributed by atoms with Crippen LogP contribution in [0.5, 0.6) is 0 Å². The number of nitrogens with zero attached hydrogens (tertiary/aromatic N) is 1. The highest BCUT2D eigenvalue weighted by Gasteiger charge is 2.13. The Morgan fingerprint density at radius 3 is 2.41 bits per heavy atom. The Bertz CT molecular complexity index is 836. The molecule has 0 radical (unpaired) electrons. The van der Waals surface area contributed by atoms with Crippen LogP contribution >= 0.6 is 11.8 Å². The predicted octanol–water partition coefficient (Wildman–Crippen LogP) is 6.85. The van der Waals surface area contributed by atoms with Gasteiger partial charge < -0.3 is 5.32 Å². The summed E-state index contributed by atoms with van der Waals surface area (Å²) < 4.78 is 0. The van der Waals surface area contributed by atoms with Crippen LogP contribution in [0, 0.1) is 13.8 Å². The molecule has 0 aliphatic rings. The molecule has 29 heavy (non-hydrogen) atoms. The third-order valence-electron chi connectivity index (χ3n) is 5.25. The molecule has 1 N–H and O–H groups in total. The van der Waals surface area contributed by atoms with Gasteiger partial charge >= 0.3 is 0 Å². The van der Waals surface area contributed by atoms with Crippen molar-refractivity contribution in [3.05, 3.63) is 82.3 Å². The summed E-state index contributed by atoms with van der Waals surface area (Å²) in [4.78, 5) is 2.50. The molecule has 1 atom stereocenters. The summed E-state index contributed by atoms with van der Waals surface area (Å²) in [5.74, 6) is 0. The topological polar surface area (TPSA) is 15.3 Å². The smallest absolute Gasteiger partial charge is 0.0573 e. The first-order chi connectivity index (χ1) is 13.8. The Kier molecular flexibility index (Phi) is 9.06. The number of hydrogen-bond donors (Lipinski definition) is 1. The predicted molar refractivity (Wildman–Crippen MR) is 132 cm³/mol. The molecule has 0 bridgehead atoms. The van der Waals surface area contributed by atoms with E-state index < -0.39 is 0 Å². The number of thioether (sulfide) groups is 1. The zero-order valence-electron chi connectivity index (χ0n) is 18.9. The highest BCUT2D eigenvalue weighted by atomic mass is 32.2. The van der Waals surface area contributed by atoms with Crippen molar-refractivity contribution in [2.75, 3.05) is 13.1 Å². The summed E-state index contributed by atoms with van der Waals surface area (Å²) in [5.41, 5.74) is 8.82. The Hall–Kier alpha value is -1.97. The summed E-state index contributed by atoms with van der Waals surface area (Å²) in [6.45, 7) is 20.1. The van der Waals surface area contributed by atoms with Crippen molar-refractivity contribution < 1.29 is 0 Å². The molecule has 2 rings (SSSR count). The van der Waals surface area contributed by atoms with Crippen molar-refractivity contribution in [3.63, 3.8) is 0 Å². The van der Waals surface area contributed by atoms with Crippen LogP contribution in [-0.4, -0.2) is 23.4 Å². The van der Waals surface area contributed by atoms with E-state index in [2.05, 4.69) is 106 Å². The molecule has 1 unspecified atom stereocenters. The van der Waals surface area contributed by atoms with E-state index in [9.17, 15) is 0 Å². The van der Waals surface area contributed by atoms with Crippen molar-refractivity contribution in [2.24, 2.45) is 0 Å². The van der Waals surface area contributed by atoms with Crippen LogP contribution in [0.25, 0.3) is 11.3 Å². The highest BCUT2D eigenvalue weighted by molar-refractivity contribution is 8.02. The molecular weight excluding hydrogens is 372 g/mol. The lowest BCUT2D eigenvalue weighted by atomic mass is 10.0. The molecule has 0 aliphatic heterocycles. The van der Waals surface area contributed by atoms with E-state index in [4.69, 9.17) is 0 Å². The fraction of sp³-hybridized carbons (Fsp3) is 0.385. The largest absolute Gasteiger partial charge is 0.385 e. The Balaban J connectivity index is 2.01. The monoisotopic (exact) mass is 408 g/mol. The minimum absolute atomic E-state index is 0.414. The third-order valence-corrected chi connectivity index (χ3v) is 6.43. The first-order valence-corrected chi connectivity index (χ1v) is 11.5. The molecule has 2 nitrogen and oxygen atoms in total. The minimum atomic E-state index is 0.414. The lowest BCUT2D eigenvalue weighted by molar-refractivity contribution is 0.273. The molecule has 156 valence electrons. The van der Waals surface area contributed by atoms with E-state index in [1.165, 1.54) is 27.8 Å². The Morgan fingerprint density at radius 2 is 1.83 bits per heavy atom. The number of aryl methyl sites for hydroxylation is 2. The van der Waals surface area contributed by atoms with E-state index in [1.54, 1.807) is 0 Å². The van der Waals surface area contributed by atoms with Crippen molar-refractivity contribution in [1.29, 1.82) is 0 Å². The first-order valence-electron chi connectivity index (χ1n) is 10.5. The van der Waals surface area contributed by atoms with Gasteiger partial charge in [0.05, 0.1) is 5.37 Å². The average Bonchev–Trinajstić information content (AvgIpc) is 2.70. The van der Waals surface area contributed by atoms with Gasteiger partial charge in [0.1, 0.15) is 0 Å². The zero-order chi connectivity index (χ0) is 21.4. The van der Waals surface area contributed by atoms with Gasteiger partial charge in [-0.25, -0.2) is 0 Å². The molecule has 0 fully saturated rings. The van der Waals surface area contributed by atoms with Gasteiger partial charge in [0.25, 0.3) is 0 Å². The van der Waals surface area contributed by atoms with Gasteiger partial charge in [0.15, 0.2) is 0 Å². The number of rotatable bonds is 10. The molecule has 2 aromatic rings. The van der Waals surface area contributed by atoms with Crippen LogP contribution in [0.1, 0.15) is 55.5 Å². The summed E-state index contributed by atoms with van der Waals surface area (Å²) >= 11 is 1.90. The second-order valence-corrected chi connectivity index (χ2v) is 8.81. The molecule has 0 aromatic heterocycles. The molecule has 0 aliphatic carbocycles. The molecule has 0 spiro atoms. The number of nitrogens with one attached hydrogen (secondary N) is 1. The summed E-state index contributed by atoms with van der Waals surface area (Å²) in [7, 11) is 0. The van der Waals surface area contributed by atoms with Crippen LogP contribution in [0.2, 0.25) is 0 Å². The van der Waals surface area contributed by atoms with E-state index in [0.29, 0.717) is 5.37 Å². The first kappa shape index (κ1) is 23.3. The third kappa shape index (κ3) is 6.80. The van der Waals surface area contributed by atoms with Crippen LogP contribution in [0.3, 0.4) is 0 Å². The standard InChI is InChI=1S/C26H36N2S/c1-8-27-22(6)25-13-11-24(12-14-25)17-28(9-2)23(7)29-18-21(5)26-15-10-19(3)16-20(26)4/h10-16,18,23,27H,6,8-9,17H2,1-5,7H3/b21-18+. The summed E-state index contributed by atoms with van der Waals surface area (Å²) in [6, 6.07) is 15.5. The highest BCUT2D eigenvalue weighted by Crippen LogP contribution is 2.26. The quantitative estimate of drug-likeness (QED) is 0.433. The average molecular weight is 409 g/mol. The fourth-order valence-corrected chi connectivity index (χ4v) is 4.39. The van der Waals surface area contributed by atoms with Gasteiger partial charge in [-0.1, -0.05) is 61.5 Å². The lowest BCUT2D eigenvalue weighted by Crippen LogP contribution is -2.29. The van der Waals surface area contributed by atoms with E-state index in [-0.39, 0.29) is 0 Å². The minimum Gasteiger partial charge on any atom is -0.385 e. The normalized spacial score (nSPS) is 12.9. The molecule has 2 aromatic carbocycles. The van der Waals surface area contributed by atoms with Gasteiger partial charge in [0, 0.05) is 18.8 Å². The Morgan fingerprint density at radius 1 is 1.14 bits per heavy atom. The van der Waals surface area contributed by atoms with Crippen LogP contribution < -0.4 is 5.32 Å². The molecule has 0 saturated carbocycles. The number of allylic oxidation sites excluding steroid dienone is 1. The summed E-state index contributed by atoms with van der Waals surface area (Å²) in [5, 5.41) is 6.01. The number of benzene rings is 2. The van der Waals surface area contributed by atoms with E-state index in [1.807, 2.05) is 11.8 Å². The van der Waals surface area contributed by atoms with E-state index >= 15 is 0 Å². The maximum absolute atomic E-state index is 4.10. The zero-order valence-corrected chi connectivity index (χ0v) is 19.7. The van der Waals surface area contributed by atoms with Gasteiger partial charge in [0.2, 0.25) is 0 Å². The van der Waals surface area contributed by atoms with Crippen molar-refractivity contribution in [3.8, 4) is 0 Å². The SMILES string of the molecule is C=C(NCC)c1ccc(CN(CC)C(C)S/C=C(\C)c2ccc(C)cc2C)cc1. The maximum Gasteiger partial charge on any atom is 0.0573 e. The molecule has 0 heterocycles. The van der Waals surface area contributed by atoms with Crippen LogP contribution in [-0.2, 0) is 6.54 Å². The van der Waals surface area contributed by atoms with Gasteiger partial charge in [-0.2, -0.15) is 0 Å². The second kappa shape index (κ2) is 11.3. The fourth-order valence-electron chi connectivity index (χ4n) is 3.46. The van der Waals surface area contributed by atoms with E-state index in [0.717, 1.165) is 30.9 Å². The second-order valence-electron chi connectivity index (χ2n) is 7.62. The van der Waals surface area contributed by atoms with Gasteiger partial charge in [-0.05, 0) is 74.4 Å². The molecule has 0 saturated heterocycles. The summed E-state index contributed by atoms with van der Waals surface area (Å²) in [6.07, 6.45) is 0. The molecule has 3 heteroatoms. The van der Waals surface area contributed by atoms with Crippen LogP contribution in [0.4, 0.5) is 0 Å². The maximum atomic E-state index is 4.10. The van der Waals surface area contributed by atoms with Crippen molar-refractivity contribution in [2.45, 2.75) is 53.5 Å². The van der Waals surface area contributed by atoms with Gasteiger partial charge in [-0.3, -0.25) is 4.90 Å². The molecule has 0 amide bonds. The van der Waals surface area contributed by atoms with Crippen molar-refractivity contribution >= 4 is 23.0 Å². The lowest BCUT2D eigenvalue weighted by Gasteiger charge is -2.27. The Labute approximate surface area is 182 Å².